The van der Waals surface area contributed by atoms with E-state index in [1.807, 2.05) is 30.7 Å². The second-order valence-corrected chi connectivity index (χ2v) is 7.27. The van der Waals surface area contributed by atoms with Gasteiger partial charge in [0.15, 0.2) is 0 Å². The summed E-state index contributed by atoms with van der Waals surface area (Å²) in [4.78, 5) is 14.0. The molecule has 0 spiro atoms. The number of aromatic nitrogens is 4. The zero-order valence-corrected chi connectivity index (χ0v) is 14.5. The van der Waals surface area contributed by atoms with Crippen LogP contribution in [0.3, 0.4) is 0 Å². The third-order valence-electron chi connectivity index (χ3n) is 5.46. The molecule has 24 heavy (non-hydrogen) atoms. The van der Waals surface area contributed by atoms with Crippen molar-refractivity contribution in [3.63, 3.8) is 0 Å². The fourth-order valence-corrected chi connectivity index (χ4v) is 4.62. The molecule has 3 atom stereocenters. The van der Waals surface area contributed by atoms with Crippen LogP contribution in [0.1, 0.15) is 26.7 Å². The van der Waals surface area contributed by atoms with Crippen LogP contribution >= 0.6 is 0 Å². The van der Waals surface area contributed by atoms with Gasteiger partial charge in [-0.15, -0.1) is 0 Å². The highest BCUT2D eigenvalue weighted by molar-refractivity contribution is 5.30. The van der Waals surface area contributed by atoms with E-state index >= 15 is 0 Å². The summed E-state index contributed by atoms with van der Waals surface area (Å²) >= 11 is 0. The van der Waals surface area contributed by atoms with Gasteiger partial charge in [-0.2, -0.15) is 5.10 Å². The fraction of sp³-hybridized carbons (Fsp3) is 0.611. The molecule has 2 fully saturated rings. The molecule has 0 aliphatic carbocycles. The van der Waals surface area contributed by atoms with E-state index in [9.17, 15) is 0 Å². The zero-order valence-electron chi connectivity index (χ0n) is 14.5. The Labute approximate surface area is 143 Å². The molecular formula is C18H26N6. The lowest BCUT2D eigenvalue weighted by Gasteiger charge is -2.40. The maximum Gasteiger partial charge on any atom is 0.225 e. The molecule has 6 heteroatoms. The van der Waals surface area contributed by atoms with Crippen LogP contribution < -0.4 is 4.90 Å². The highest BCUT2D eigenvalue weighted by Gasteiger charge is 2.45. The van der Waals surface area contributed by atoms with Gasteiger partial charge in [-0.05, 0) is 44.7 Å². The van der Waals surface area contributed by atoms with Crippen LogP contribution in [-0.2, 0) is 6.54 Å². The Morgan fingerprint density at radius 2 is 2.00 bits per heavy atom. The third-order valence-corrected chi connectivity index (χ3v) is 5.46. The molecule has 0 aromatic carbocycles. The van der Waals surface area contributed by atoms with Crippen molar-refractivity contribution in [3.8, 4) is 0 Å². The summed E-state index contributed by atoms with van der Waals surface area (Å²) in [5, 5.41) is 4.41. The minimum atomic E-state index is 0.566. The number of rotatable bonds is 4. The van der Waals surface area contributed by atoms with Crippen LogP contribution in [-0.4, -0.2) is 55.9 Å². The van der Waals surface area contributed by atoms with Crippen LogP contribution in [0.5, 0.6) is 0 Å². The predicted octanol–water partition coefficient (Wildman–Crippen LogP) is 2.05. The molecular weight excluding hydrogens is 300 g/mol. The highest BCUT2D eigenvalue weighted by atomic mass is 15.3. The standard InChI is InChI=1S/C18H26N6/c1-14(2)24-16(13-23-9-4-8-21-23)11-15-12-22(10-5-17(15)24)18-19-6-3-7-20-18/h3-4,6-9,14-17H,5,10-13H2,1-2H3/t15-,16+,17+/m0/s1. The number of nitrogens with zero attached hydrogens (tertiary/aromatic N) is 6. The summed E-state index contributed by atoms with van der Waals surface area (Å²) in [7, 11) is 0. The lowest BCUT2D eigenvalue weighted by Crippen LogP contribution is -2.50. The molecule has 4 heterocycles. The van der Waals surface area contributed by atoms with E-state index < -0.39 is 0 Å². The Morgan fingerprint density at radius 1 is 1.17 bits per heavy atom. The van der Waals surface area contributed by atoms with Gasteiger partial charge < -0.3 is 4.90 Å². The van der Waals surface area contributed by atoms with Gasteiger partial charge >= 0.3 is 0 Å². The van der Waals surface area contributed by atoms with Gasteiger partial charge in [0.05, 0.1) is 6.54 Å². The molecule has 4 rings (SSSR count). The minimum absolute atomic E-state index is 0.566. The summed E-state index contributed by atoms with van der Waals surface area (Å²) in [6.07, 6.45) is 10.0. The summed E-state index contributed by atoms with van der Waals surface area (Å²) in [5.41, 5.74) is 0. The van der Waals surface area contributed by atoms with Gasteiger partial charge in [0.1, 0.15) is 0 Å². The highest BCUT2D eigenvalue weighted by Crippen LogP contribution is 2.38. The molecule has 2 aliphatic rings. The number of likely N-dealkylation sites (tertiary alicyclic amines) is 1. The first-order valence-corrected chi connectivity index (χ1v) is 8.99. The van der Waals surface area contributed by atoms with Gasteiger partial charge in [-0.3, -0.25) is 9.58 Å². The van der Waals surface area contributed by atoms with Crippen molar-refractivity contribution >= 4 is 5.95 Å². The Kier molecular flexibility index (Phi) is 4.22. The molecule has 0 N–H and O–H groups in total. The molecule has 0 unspecified atom stereocenters. The van der Waals surface area contributed by atoms with Crippen molar-refractivity contribution in [1.82, 2.24) is 24.6 Å². The van der Waals surface area contributed by atoms with Crippen LogP contribution in [0, 0.1) is 5.92 Å². The Bertz CT molecular complexity index is 641. The van der Waals surface area contributed by atoms with Crippen LogP contribution in [0.15, 0.2) is 36.9 Å². The maximum absolute atomic E-state index is 4.44. The van der Waals surface area contributed by atoms with Crippen molar-refractivity contribution in [2.45, 2.75) is 51.4 Å². The SMILES string of the molecule is CC(C)N1[C@@H](Cn2cccn2)C[C@H]2CN(c3ncccn3)CC[C@H]21. The zero-order chi connectivity index (χ0) is 16.5. The Morgan fingerprint density at radius 3 is 2.71 bits per heavy atom. The maximum atomic E-state index is 4.44. The first-order valence-electron chi connectivity index (χ1n) is 8.99. The first kappa shape index (κ1) is 15.6. The summed E-state index contributed by atoms with van der Waals surface area (Å²) < 4.78 is 2.08. The molecule has 2 saturated heterocycles. The monoisotopic (exact) mass is 326 g/mol. The second-order valence-electron chi connectivity index (χ2n) is 7.27. The average molecular weight is 326 g/mol. The number of anilines is 1. The summed E-state index contributed by atoms with van der Waals surface area (Å²) in [6, 6.07) is 5.70. The van der Waals surface area contributed by atoms with Gasteiger partial charge in [-0.25, -0.2) is 9.97 Å². The van der Waals surface area contributed by atoms with E-state index in [1.165, 1.54) is 12.8 Å². The number of fused-ring (bicyclic) bond motifs is 1. The fourth-order valence-electron chi connectivity index (χ4n) is 4.62. The van der Waals surface area contributed by atoms with E-state index in [2.05, 4.69) is 49.6 Å². The molecule has 128 valence electrons. The second kappa shape index (κ2) is 6.51. The topological polar surface area (TPSA) is 50.1 Å². The van der Waals surface area contributed by atoms with E-state index in [1.54, 1.807) is 0 Å². The van der Waals surface area contributed by atoms with Crippen LogP contribution in [0.2, 0.25) is 0 Å². The lowest BCUT2D eigenvalue weighted by molar-refractivity contribution is 0.114. The molecule has 0 amide bonds. The lowest BCUT2D eigenvalue weighted by atomic mass is 9.92. The van der Waals surface area contributed by atoms with Crippen molar-refractivity contribution < 1.29 is 0 Å². The van der Waals surface area contributed by atoms with E-state index in [0.29, 0.717) is 24.0 Å². The number of piperidine rings is 1. The Balaban J connectivity index is 1.50. The summed E-state index contributed by atoms with van der Waals surface area (Å²) in [6.45, 7) is 7.74. The van der Waals surface area contributed by atoms with Gasteiger partial charge in [0.2, 0.25) is 5.95 Å². The largest absolute Gasteiger partial charge is 0.340 e. The van der Waals surface area contributed by atoms with E-state index in [4.69, 9.17) is 0 Å². The summed E-state index contributed by atoms with van der Waals surface area (Å²) in [5.74, 6) is 1.56. The predicted molar refractivity (Wildman–Crippen MR) is 93.7 cm³/mol. The third kappa shape index (κ3) is 2.90. The first-order chi connectivity index (χ1) is 11.7. The van der Waals surface area contributed by atoms with E-state index in [-0.39, 0.29) is 0 Å². The van der Waals surface area contributed by atoms with Gasteiger partial charge in [-0.1, -0.05) is 0 Å². The molecule has 0 radical (unpaired) electrons. The molecule has 0 bridgehead atoms. The number of hydrogen-bond acceptors (Lipinski definition) is 5. The molecule has 0 saturated carbocycles. The van der Waals surface area contributed by atoms with Crippen molar-refractivity contribution in [2.75, 3.05) is 18.0 Å². The quantitative estimate of drug-likeness (QED) is 0.861. The molecule has 2 aromatic heterocycles. The Hall–Kier alpha value is -1.95. The van der Waals surface area contributed by atoms with Crippen LogP contribution in [0.25, 0.3) is 0 Å². The van der Waals surface area contributed by atoms with Crippen molar-refractivity contribution in [2.24, 2.45) is 5.92 Å². The van der Waals surface area contributed by atoms with Crippen molar-refractivity contribution in [1.29, 1.82) is 0 Å². The van der Waals surface area contributed by atoms with Crippen LogP contribution in [0.4, 0.5) is 5.95 Å². The van der Waals surface area contributed by atoms with Gasteiger partial charge in [0, 0.05) is 56.0 Å². The van der Waals surface area contributed by atoms with Gasteiger partial charge in [0.25, 0.3) is 0 Å². The molecule has 6 nitrogen and oxygen atoms in total. The average Bonchev–Trinajstić information content (AvgIpc) is 3.22. The number of hydrogen-bond donors (Lipinski definition) is 0. The normalized spacial score (nSPS) is 27.6. The van der Waals surface area contributed by atoms with Crippen molar-refractivity contribution in [3.05, 3.63) is 36.9 Å². The van der Waals surface area contributed by atoms with E-state index in [0.717, 1.165) is 25.6 Å². The molecule has 2 aromatic rings. The smallest absolute Gasteiger partial charge is 0.225 e. The molecule has 2 aliphatic heterocycles. The minimum Gasteiger partial charge on any atom is -0.340 e.